The number of hydrogen-bond acceptors (Lipinski definition) is 10. The highest BCUT2D eigenvalue weighted by molar-refractivity contribution is 7.80. The van der Waals surface area contributed by atoms with Gasteiger partial charge in [-0.05, 0) is 12.8 Å². The Hall–Kier alpha value is -0.900. The minimum Gasteiger partial charge on any atom is -0.394 e. The van der Waals surface area contributed by atoms with E-state index in [-0.39, 0.29) is 12.5 Å². The largest absolute Gasteiger partial charge is 0.397 e. The van der Waals surface area contributed by atoms with Gasteiger partial charge < -0.3 is 35.2 Å². The van der Waals surface area contributed by atoms with Crippen molar-refractivity contribution in [1.29, 1.82) is 0 Å². The van der Waals surface area contributed by atoms with E-state index >= 15 is 0 Å². The Kier molecular flexibility index (Phi) is 64.6. The van der Waals surface area contributed by atoms with Gasteiger partial charge in [-0.3, -0.25) is 9.35 Å². The van der Waals surface area contributed by atoms with Gasteiger partial charge in [0.1, 0.15) is 24.4 Å². The lowest BCUT2D eigenvalue weighted by atomic mass is 9.99. The predicted octanol–water partition coefficient (Wildman–Crippen LogP) is 21.9. The molecular formula is C77H153NO11S. The number of aliphatic hydroxyl groups excluding tert-OH is 4. The number of nitrogens with one attached hydrogen (secondary N) is 1. The van der Waals surface area contributed by atoms with Crippen LogP contribution in [0.2, 0.25) is 0 Å². The van der Waals surface area contributed by atoms with Crippen molar-refractivity contribution in [2.75, 3.05) is 13.2 Å². The molecule has 1 fully saturated rings. The van der Waals surface area contributed by atoms with Crippen molar-refractivity contribution in [3.8, 4) is 0 Å². The van der Waals surface area contributed by atoms with E-state index in [0.717, 1.165) is 51.4 Å². The average molecular weight is 1300 g/mol. The van der Waals surface area contributed by atoms with E-state index in [1.54, 1.807) is 0 Å². The molecular weight excluding hydrogens is 1150 g/mol. The maximum Gasteiger partial charge on any atom is 0.397 e. The molecule has 6 N–H and O–H groups in total. The van der Waals surface area contributed by atoms with Crippen LogP contribution in [0.15, 0.2) is 0 Å². The molecule has 0 aromatic heterocycles. The second kappa shape index (κ2) is 66.7. The smallest absolute Gasteiger partial charge is 0.394 e. The van der Waals surface area contributed by atoms with Gasteiger partial charge in [-0.1, -0.05) is 412 Å². The maximum atomic E-state index is 13.3. The Labute approximate surface area is 558 Å². The molecule has 1 heterocycles. The minimum absolute atomic E-state index is 0.217. The summed E-state index contributed by atoms with van der Waals surface area (Å²) in [5.74, 6) is -0.217. The molecule has 1 rings (SSSR count). The lowest BCUT2D eigenvalue weighted by Crippen LogP contribution is -2.61. The van der Waals surface area contributed by atoms with Crippen LogP contribution < -0.4 is 5.32 Å². The molecule has 1 aliphatic rings. The number of unbranched alkanes of at least 4 members (excludes halogenated alkanes) is 61. The fourth-order valence-electron chi connectivity index (χ4n) is 13.6. The zero-order valence-corrected chi connectivity index (χ0v) is 60.3. The van der Waals surface area contributed by atoms with E-state index in [0.29, 0.717) is 12.8 Å². The van der Waals surface area contributed by atoms with Gasteiger partial charge in [0.15, 0.2) is 6.29 Å². The van der Waals surface area contributed by atoms with Crippen molar-refractivity contribution in [3.63, 3.8) is 0 Å². The molecule has 90 heavy (non-hydrogen) atoms. The first-order valence-electron chi connectivity index (χ1n) is 39.9. The summed E-state index contributed by atoms with van der Waals surface area (Å²) < 4.78 is 48.2. The lowest BCUT2D eigenvalue weighted by Gasteiger charge is -2.41. The molecule has 0 aromatic rings. The molecule has 538 valence electrons. The third kappa shape index (κ3) is 57.4. The Morgan fingerprint density at radius 1 is 0.400 bits per heavy atom. The first-order valence-corrected chi connectivity index (χ1v) is 41.3. The SMILES string of the molecule is CCCCCCCCCCCCCCCCCCCCCCCCCCCCCCCCCCCCCCCCCC(=O)NC(COC1OC(CO)C(O)C(OS(=O)(=O)O)C1O)C(O)CCCCCCCCCCCCCCCCCCCCCCCCCC. The van der Waals surface area contributed by atoms with Crippen LogP contribution in [0.1, 0.15) is 431 Å². The summed E-state index contributed by atoms with van der Waals surface area (Å²) in [6, 6.07) is -0.856. The second-order valence-corrected chi connectivity index (χ2v) is 29.4. The van der Waals surface area contributed by atoms with Gasteiger partial charge in [-0.2, -0.15) is 8.42 Å². The highest BCUT2D eigenvalue weighted by Crippen LogP contribution is 2.27. The standard InChI is InChI=1S/C77H153NO11S/c1-3-5-7-9-11-13-15-17-19-21-23-25-27-29-30-31-32-33-34-35-36-37-38-39-40-41-42-43-45-47-49-51-53-55-57-59-61-63-65-67-73(81)78-70(69-87-77-75(83)76(89-90(84,85)86)74(82)72(68-79)88-77)71(80)66-64-62-60-58-56-54-52-50-48-46-44-28-26-24-22-20-18-16-14-12-10-8-6-4-2/h70-72,74-77,79-80,82-83H,3-69H2,1-2H3,(H,78,81)(H,84,85,86). The zero-order valence-electron chi connectivity index (χ0n) is 59.5. The molecule has 1 aliphatic heterocycles. The van der Waals surface area contributed by atoms with Crippen LogP contribution in [0.3, 0.4) is 0 Å². The molecule has 7 atom stereocenters. The van der Waals surface area contributed by atoms with E-state index in [9.17, 15) is 38.2 Å². The summed E-state index contributed by atoms with van der Waals surface area (Å²) in [5, 5.41) is 45.4. The van der Waals surface area contributed by atoms with Gasteiger partial charge in [0.05, 0.1) is 25.4 Å². The normalized spacial score (nSPS) is 17.8. The highest BCUT2D eigenvalue weighted by Gasteiger charge is 2.48. The zero-order chi connectivity index (χ0) is 65.3. The molecule has 0 spiro atoms. The number of ether oxygens (including phenoxy) is 2. The summed E-state index contributed by atoms with van der Waals surface area (Å²) in [7, 11) is -5.08. The van der Waals surface area contributed by atoms with Gasteiger partial charge in [-0.15, -0.1) is 0 Å². The molecule has 0 bridgehead atoms. The Bertz CT molecular complexity index is 1580. The van der Waals surface area contributed by atoms with E-state index in [2.05, 4.69) is 23.3 Å². The molecule has 13 heteroatoms. The van der Waals surface area contributed by atoms with Crippen LogP contribution in [0.25, 0.3) is 0 Å². The van der Waals surface area contributed by atoms with Crippen LogP contribution in [0.4, 0.5) is 0 Å². The Morgan fingerprint density at radius 2 is 0.644 bits per heavy atom. The lowest BCUT2D eigenvalue weighted by molar-refractivity contribution is -0.298. The fraction of sp³-hybridized carbons (Fsp3) is 0.987. The van der Waals surface area contributed by atoms with Crippen molar-refractivity contribution >= 4 is 16.3 Å². The van der Waals surface area contributed by atoms with Gasteiger partial charge in [-0.25, -0.2) is 4.18 Å². The van der Waals surface area contributed by atoms with Gasteiger partial charge in [0, 0.05) is 6.42 Å². The molecule has 0 saturated carbocycles. The molecule has 1 saturated heterocycles. The summed E-state index contributed by atoms with van der Waals surface area (Å²) in [6.45, 7) is 3.54. The molecule has 12 nitrogen and oxygen atoms in total. The highest BCUT2D eigenvalue weighted by atomic mass is 32.3. The first-order chi connectivity index (χ1) is 44.0. The van der Waals surface area contributed by atoms with Crippen molar-refractivity contribution in [1.82, 2.24) is 5.32 Å². The van der Waals surface area contributed by atoms with Crippen molar-refractivity contribution in [2.24, 2.45) is 0 Å². The van der Waals surface area contributed by atoms with Gasteiger partial charge in [0.25, 0.3) is 0 Å². The number of hydrogen-bond donors (Lipinski definition) is 6. The van der Waals surface area contributed by atoms with Crippen LogP contribution in [0, 0.1) is 0 Å². The van der Waals surface area contributed by atoms with E-state index in [1.165, 1.54) is 353 Å². The van der Waals surface area contributed by atoms with E-state index in [1.807, 2.05) is 0 Å². The number of carbonyl (C=O) groups excluding carboxylic acids is 1. The summed E-state index contributed by atoms with van der Waals surface area (Å²) in [6.07, 6.45) is 76.1. The summed E-state index contributed by atoms with van der Waals surface area (Å²) in [5.41, 5.74) is 0. The Balaban J connectivity index is 2.12. The van der Waals surface area contributed by atoms with Crippen LogP contribution in [-0.2, 0) is 28.9 Å². The topological polar surface area (TPSA) is 192 Å². The fourth-order valence-corrected chi connectivity index (χ4v) is 14.1. The number of rotatable bonds is 73. The molecule has 0 radical (unpaired) electrons. The third-order valence-corrected chi connectivity index (χ3v) is 20.1. The summed E-state index contributed by atoms with van der Waals surface area (Å²) >= 11 is 0. The Morgan fingerprint density at radius 3 is 0.889 bits per heavy atom. The first kappa shape index (κ1) is 87.1. The summed E-state index contributed by atoms with van der Waals surface area (Å²) in [4.78, 5) is 13.3. The molecule has 7 unspecified atom stereocenters. The van der Waals surface area contributed by atoms with Crippen LogP contribution >= 0.6 is 0 Å². The molecule has 1 amide bonds. The quantitative estimate of drug-likeness (QED) is 0.0251. The average Bonchev–Trinajstić information content (AvgIpc) is 1.40. The van der Waals surface area contributed by atoms with Crippen molar-refractivity contribution in [3.05, 3.63) is 0 Å². The van der Waals surface area contributed by atoms with Gasteiger partial charge in [0.2, 0.25) is 5.91 Å². The monoisotopic (exact) mass is 1300 g/mol. The third-order valence-electron chi connectivity index (χ3n) is 19.7. The second-order valence-electron chi connectivity index (χ2n) is 28.4. The molecule has 0 aliphatic carbocycles. The molecule has 0 aromatic carbocycles. The minimum atomic E-state index is -5.08. The van der Waals surface area contributed by atoms with E-state index in [4.69, 9.17) is 9.47 Å². The van der Waals surface area contributed by atoms with Crippen LogP contribution in [-0.4, -0.2) is 95.4 Å². The maximum absolute atomic E-state index is 13.3. The van der Waals surface area contributed by atoms with Crippen LogP contribution in [0.5, 0.6) is 0 Å². The number of carbonyl (C=O) groups is 1. The van der Waals surface area contributed by atoms with Gasteiger partial charge >= 0.3 is 10.4 Å². The van der Waals surface area contributed by atoms with Crippen molar-refractivity contribution < 1.29 is 51.8 Å². The number of amides is 1. The number of aliphatic hydroxyl groups is 4. The van der Waals surface area contributed by atoms with E-state index < -0.39 is 59.9 Å². The predicted molar refractivity (Wildman–Crippen MR) is 380 cm³/mol. The van der Waals surface area contributed by atoms with Crippen molar-refractivity contribution in [2.45, 2.75) is 474 Å².